The summed E-state index contributed by atoms with van der Waals surface area (Å²) in [4.78, 5) is 37.4. The van der Waals surface area contributed by atoms with Crippen molar-refractivity contribution in [3.8, 4) is 0 Å². The van der Waals surface area contributed by atoms with Crippen LogP contribution in [-0.2, 0) is 23.1 Å². The second kappa shape index (κ2) is 8.69. The normalized spacial score (nSPS) is 14.7. The number of likely N-dealkylation sites (tertiary alicyclic amines) is 1. The number of nitrogens with one attached hydrogen (secondary N) is 1. The molecule has 8 nitrogen and oxygen atoms in total. The molecule has 0 bridgehead atoms. The monoisotopic (exact) mass is 384 g/mol. The van der Waals surface area contributed by atoms with Gasteiger partial charge in [0, 0.05) is 49.7 Å². The van der Waals surface area contributed by atoms with Crippen molar-refractivity contribution in [1.82, 2.24) is 14.7 Å². The van der Waals surface area contributed by atoms with Gasteiger partial charge in [-0.25, -0.2) is 0 Å². The maximum Gasteiger partial charge on any atom is 0.306 e. The zero-order chi connectivity index (χ0) is 20.1. The van der Waals surface area contributed by atoms with Crippen LogP contribution in [0.4, 0.5) is 5.69 Å². The van der Waals surface area contributed by atoms with Gasteiger partial charge in [-0.05, 0) is 49.6 Å². The van der Waals surface area contributed by atoms with Gasteiger partial charge < -0.3 is 15.3 Å². The van der Waals surface area contributed by atoms with Gasteiger partial charge in [-0.3, -0.25) is 19.1 Å². The molecule has 0 spiro atoms. The molecule has 1 aliphatic heterocycles. The number of anilines is 1. The largest absolute Gasteiger partial charge is 0.481 e. The number of aliphatic carboxylic acids is 1. The summed E-state index contributed by atoms with van der Waals surface area (Å²) in [6.07, 6.45) is 3.61. The molecule has 0 atom stereocenters. The van der Waals surface area contributed by atoms with Gasteiger partial charge >= 0.3 is 5.97 Å². The summed E-state index contributed by atoms with van der Waals surface area (Å²) in [5.41, 5.74) is 2.15. The Balaban J connectivity index is 1.50. The van der Waals surface area contributed by atoms with E-state index in [1.54, 1.807) is 40.0 Å². The highest BCUT2D eigenvalue weighted by Gasteiger charge is 2.27. The molecule has 1 aromatic heterocycles. The number of carboxylic acid groups (broad SMARTS) is 1. The Morgan fingerprint density at radius 1 is 1.14 bits per heavy atom. The number of hydrogen-bond acceptors (Lipinski definition) is 4. The molecule has 1 aromatic carbocycles. The van der Waals surface area contributed by atoms with E-state index in [1.807, 2.05) is 13.1 Å². The Kier molecular flexibility index (Phi) is 6.08. The SMILES string of the molecule is Cn1nccc1CCC(=O)Nc1ccc(C(=O)N2CCC(C(=O)O)CC2)cc1. The first-order chi connectivity index (χ1) is 13.4. The zero-order valence-corrected chi connectivity index (χ0v) is 15.8. The van der Waals surface area contributed by atoms with Crippen LogP contribution in [0.15, 0.2) is 36.5 Å². The molecule has 3 rings (SSSR count). The first-order valence-corrected chi connectivity index (χ1v) is 9.33. The summed E-state index contributed by atoms with van der Waals surface area (Å²) in [6, 6.07) is 8.66. The van der Waals surface area contributed by atoms with Crippen LogP contribution < -0.4 is 5.32 Å². The number of hydrogen-bond donors (Lipinski definition) is 2. The summed E-state index contributed by atoms with van der Waals surface area (Å²) in [5.74, 6) is -1.38. The summed E-state index contributed by atoms with van der Waals surface area (Å²) in [5, 5.41) is 16.0. The third-order valence-electron chi connectivity index (χ3n) is 5.08. The molecule has 2 amide bonds. The zero-order valence-electron chi connectivity index (χ0n) is 15.8. The van der Waals surface area contributed by atoms with Crippen molar-refractivity contribution in [3.05, 3.63) is 47.8 Å². The van der Waals surface area contributed by atoms with Crippen LogP contribution in [0.3, 0.4) is 0 Å². The van der Waals surface area contributed by atoms with E-state index in [9.17, 15) is 14.4 Å². The predicted octanol–water partition coefficient (Wildman–Crippen LogP) is 1.93. The van der Waals surface area contributed by atoms with Gasteiger partial charge in [0.2, 0.25) is 5.91 Å². The first kappa shape index (κ1) is 19.6. The van der Waals surface area contributed by atoms with E-state index in [-0.39, 0.29) is 17.7 Å². The van der Waals surface area contributed by atoms with Crippen LogP contribution in [0.1, 0.15) is 35.3 Å². The van der Waals surface area contributed by atoms with E-state index < -0.39 is 5.97 Å². The number of piperidine rings is 1. The average molecular weight is 384 g/mol. The van der Waals surface area contributed by atoms with E-state index in [0.717, 1.165) is 5.69 Å². The van der Waals surface area contributed by atoms with Gasteiger partial charge in [0.1, 0.15) is 0 Å². The molecule has 0 aliphatic carbocycles. The predicted molar refractivity (Wildman–Crippen MR) is 103 cm³/mol. The Hall–Kier alpha value is -3.16. The summed E-state index contributed by atoms with van der Waals surface area (Å²) in [7, 11) is 1.84. The maximum absolute atomic E-state index is 12.6. The molecule has 148 valence electrons. The number of carboxylic acids is 1. The Bertz CT molecular complexity index is 851. The third-order valence-corrected chi connectivity index (χ3v) is 5.08. The lowest BCUT2D eigenvalue weighted by Crippen LogP contribution is -2.40. The Morgan fingerprint density at radius 2 is 1.82 bits per heavy atom. The van der Waals surface area contributed by atoms with E-state index in [2.05, 4.69) is 10.4 Å². The van der Waals surface area contributed by atoms with E-state index in [4.69, 9.17) is 5.11 Å². The smallest absolute Gasteiger partial charge is 0.306 e. The number of amides is 2. The standard InChI is InChI=1S/C20H24N4O4/c1-23-17(8-11-21-23)6-7-18(25)22-16-4-2-14(3-5-16)19(26)24-12-9-15(10-13-24)20(27)28/h2-5,8,11,15H,6-7,9-10,12-13H2,1H3,(H,22,25)(H,27,28). The number of nitrogens with zero attached hydrogens (tertiary/aromatic N) is 3. The molecule has 0 unspecified atom stereocenters. The highest BCUT2D eigenvalue weighted by atomic mass is 16.4. The lowest BCUT2D eigenvalue weighted by Gasteiger charge is -2.30. The van der Waals surface area contributed by atoms with Crippen molar-refractivity contribution in [3.63, 3.8) is 0 Å². The second-order valence-electron chi connectivity index (χ2n) is 6.98. The molecule has 2 heterocycles. The maximum atomic E-state index is 12.6. The van der Waals surface area contributed by atoms with E-state index >= 15 is 0 Å². The van der Waals surface area contributed by atoms with Crippen LogP contribution in [0, 0.1) is 5.92 Å². The highest BCUT2D eigenvalue weighted by molar-refractivity contribution is 5.96. The molecule has 2 N–H and O–H groups in total. The minimum absolute atomic E-state index is 0.101. The number of rotatable bonds is 6. The highest BCUT2D eigenvalue weighted by Crippen LogP contribution is 2.20. The molecule has 0 radical (unpaired) electrons. The van der Waals surface area contributed by atoms with Gasteiger partial charge in [-0.2, -0.15) is 5.10 Å². The topological polar surface area (TPSA) is 105 Å². The van der Waals surface area contributed by atoms with Crippen LogP contribution in [0.2, 0.25) is 0 Å². The minimum atomic E-state index is -0.796. The van der Waals surface area contributed by atoms with E-state index in [1.165, 1.54) is 0 Å². The summed E-state index contributed by atoms with van der Waals surface area (Å²) in [6.45, 7) is 0.893. The van der Waals surface area contributed by atoms with Crippen molar-refractivity contribution in [1.29, 1.82) is 0 Å². The second-order valence-corrected chi connectivity index (χ2v) is 6.98. The molecular weight excluding hydrogens is 360 g/mol. The van der Waals surface area contributed by atoms with Crippen LogP contribution in [0.5, 0.6) is 0 Å². The van der Waals surface area contributed by atoms with Crippen molar-refractivity contribution in [2.75, 3.05) is 18.4 Å². The van der Waals surface area contributed by atoms with Gasteiger partial charge in [-0.1, -0.05) is 0 Å². The van der Waals surface area contributed by atoms with Gasteiger partial charge in [-0.15, -0.1) is 0 Å². The number of aromatic nitrogens is 2. The number of aryl methyl sites for hydroxylation is 2. The summed E-state index contributed by atoms with van der Waals surface area (Å²) < 4.78 is 1.74. The molecule has 1 saturated heterocycles. The van der Waals surface area contributed by atoms with Crippen molar-refractivity contribution in [2.45, 2.75) is 25.7 Å². The molecule has 8 heteroatoms. The molecule has 28 heavy (non-hydrogen) atoms. The van der Waals surface area contributed by atoms with Crippen LogP contribution in [0.25, 0.3) is 0 Å². The minimum Gasteiger partial charge on any atom is -0.481 e. The number of carbonyl (C=O) groups is 3. The quantitative estimate of drug-likeness (QED) is 0.792. The molecule has 0 saturated carbocycles. The molecule has 1 fully saturated rings. The molecular formula is C20H24N4O4. The fraction of sp³-hybridized carbons (Fsp3) is 0.400. The average Bonchev–Trinajstić information content (AvgIpc) is 3.11. The lowest BCUT2D eigenvalue weighted by molar-refractivity contribution is -0.143. The first-order valence-electron chi connectivity index (χ1n) is 9.33. The number of carbonyl (C=O) groups excluding carboxylic acids is 2. The lowest BCUT2D eigenvalue weighted by atomic mass is 9.96. The molecule has 2 aromatic rings. The van der Waals surface area contributed by atoms with Gasteiger partial charge in [0.15, 0.2) is 0 Å². The fourth-order valence-electron chi connectivity index (χ4n) is 3.32. The summed E-state index contributed by atoms with van der Waals surface area (Å²) >= 11 is 0. The van der Waals surface area contributed by atoms with E-state index in [0.29, 0.717) is 50.0 Å². The Morgan fingerprint density at radius 3 is 2.39 bits per heavy atom. The van der Waals surface area contributed by atoms with Crippen molar-refractivity contribution in [2.24, 2.45) is 13.0 Å². The van der Waals surface area contributed by atoms with Crippen molar-refractivity contribution < 1.29 is 19.5 Å². The van der Waals surface area contributed by atoms with Crippen LogP contribution in [-0.4, -0.2) is 50.7 Å². The third kappa shape index (κ3) is 4.76. The molecule has 1 aliphatic rings. The van der Waals surface area contributed by atoms with Crippen molar-refractivity contribution >= 4 is 23.5 Å². The Labute approximate surface area is 163 Å². The number of benzene rings is 1. The van der Waals surface area contributed by atoms with Crippen LogP contribution >= 0.6 is 0 Å². The van der Waals surface area contributed by atoms with Gasteiger partial charge in [0.05, 0.1) is 5.92 Å². The fourth-order valence-corrected chi connectivity index (χ4v) is 3.32. The van der Waals surface area contributed by atoms with Gasteiger partial charge in [0.25, 0.3) is 5.91 Å².